The van der Waals surface area contributed by atoms with Crippen molar-refractivity contribution in [3.05, 3.63) is 41.1 Å². The number of nitrogens with one attached hydrogen (secondary N) is 1. The fraction of sp³-hybridized carbons (Fsp3) is 0.556. The minimum atomic E-state index is -4.44. The average Bonchev–Trinajstić information content (AvgIpc) is 3.78. The van der Waals surface area contributed by atoms with Gasteiger partial charge in [0.05, 0.1) is 31.5 Å². The van der Waals surface area contributed by atoms with Gasteiger partial charge in [0.15, 0.2) is 42.1 Å². The number of aromatic nitrogens is 7. The number of aliphatic hydroxyl groups is 1. The number of alkyl halides is 2. The van der Waals surface area contributed by atoms with E-state index in [4.69, 9.17) is 28.0 Å². The minimum Gasteiger partial charge on any atom is -0.431 e. The van der Waals surface area contributed by atoms with E-state index in [0.717, 1.165) is 22.9 Å². The highest BCUT2D eigenvalue weighted by Gasteiger charge is 2.54. The van der Waals surface area contributed by atoms with E-state index in [1.807, 2.05) is 0 Å². The molecule has 0 saturated carbocycles. The van der Waals surface area contributed by atoms with Gasteiger partial charge in [0.2, 0.25) is 0 Å². The number of carbonyl (C=O) groups is 1. The highest BCUT2D eigenvalue weighted by Crippen LogP contribution is 2.57. The van der Waals surface area contributed by atoms with E-state index in [0.29, 0.717) is 29.8 Å². The number of hydrogen-bond acceptors (Lipinski definition) is 15. The molecule has 2 N–H and O–H groups in total. The third kappa shape index (κ3) is 5.66. The Labute approximate surface area is 279 Å². The zero-order valence-electron chi connectivity index (χ0n) is 25.3. The van der Waals surface area contributed by atoms with Crippen molar-refractivity contribution in [2.45, 2.75) is 68.6 Å². The summed E-state index contributed by atoms with van der Waals surface area (Å²) in [6.45, 7) is -5.45. The summed E-state index contributed by atoms with van der Waals surface area (Å²) in [7, 11) is 0. The van der Waals surface area contributed by atoms with Crippen LogP contribution < -0.4 is 10.9 Å². The van der Waals surface area contributed by atoms with Crippen molar-refractivity contribution in [3.8, 4) is 0 Å². The largest absolute Gasteiger partial charge is 0.508 e. The van der Waals surface area contributed by atoms with Crippen molar-refractivity contribution in [3.63, 3.8) is 0 Å². The molecular weight excluding hydrogens is 697 g/mol. The van der Waals surface area contributed by atoms with Crippen LogP contribution in [0.15, 0.2) is 30.0 Å². The summed E-state index contributed by atoms with van der Waals surface area (Å²) < 4.78 is 82.9. The van der Waals surface area contributed by atoms with Gasteiger partial charge in [-0.25, -0.2) is 38.1 Å². The Morgan fingerprint density at radius 2 is 1.84 bits per heavy atom. The van der Waals surface area contributed by atoms with Crippen LogP contribution in [0.2, 0.25) is 0 Å². The number of aliphatic hydroxyl groups excluding tert-OH is 1. The Balaban J connectivity index is 1.08. The molecule has 1 unspecified atom stereocenters. The van der Waals surface area contributed by atoms with Crippen molar-refractivity contribution >= 4 is 53.2 Å². The number of fused-ring (bicyclic) bond motifs is 4. The Morgan fingerprint density at radius 3 is 2.67 bits per heavy atom. The Hall–Kier alpha value is -3.72. The number of carbonyl (C=O) groups excluding carboxylic acids is 1. The van der Waals surface area contributed by atoms with Gasteiger partial charge in [-0.1, -0.05) is 12.2 Å². The van der Waals surface area contributed by atoms with Crippen LogP contribution >= 0.6 is 19.0 Å². The van der Waals surface area contributed by atoms with Crippen molar-refractivity contribution in [1.82, 2.24) is 33.6 Å². The zero-order valence-corrected chi connectivity index (χ0v) is 27.1. The molecule has 49 heavy (non-hydrogen) atoms. The molecule has 3 saturated heterocycles. The van der Waals surface area contributed by atoms with Gasteiger partial charge in [0, 0.05) is 12.7 Å². The summed E-state index contributed by atoms with van der Waals surface area (Å²) in [6.07, 6.45) is -7.46. The average molecular weight is 727 g/mol. The van der Waals surface area contributed by atoms with Crippen LogP contribution in [0.5, 0.6) is 0 Å². The number of halogens is 2. The van der Waals surface area contributed by atoms with Crippen LogP contribution in [0.1, 0.15) is 24.4 Å². The fourth-order valence-electron chi connectivity index (χ4n) is 6.57. The quantitative estimate of drug-likeness (QED) is 0.156. The van der Waals surface area contributed by atoms with Gasteiger partial charge in [0.1, 0.15) is 49.0 Å². The second kappa shape index (κ2) is 12.6. The summed E-state index contributed by atoms with van der Waals surface area (Å²) in [5.74, 6) is 0.599. The summed E-state index contributed by atoms with van der Waals surface area (Å²) in [5, 5.41) is 13.2. The SMILES string of the molecule is O=C1OC[C@H]2O[C@@H](n3cc4c5c(ncnc53)NCCC4)[C@H](F)[C@@H]2OP(=O)(S)OC[C@H]2O[C@@H](n3cnc4c(=O)n(CCO)cnc43)[C@H](O1)[C@@H]2F. The highest BCUT2D eigenvalue weighted by molar-refractivity contribution is 8.44. The first-order chi connectivity index (χ1) is 23.6. The smallest absolute Gasteiger partial charge is 0.431 e. The van der Waals surface area contributed by atoms with Crippen LogP contribution in [-0.2, 0) is 45.5 Å². The molecule has 0 aliphatic carbocycles. The molecular formula is C27H29F2N8O10PS. The van der Waals surface area contributed by atoms with E-state index < -0.39 is 80.9 Å². The lowest BCUT2D eigenvalue weighted by Crippen LogP contribution is -2.36. The number of cyclic esters (lactones) is 1. The minimum absolute atomic E-state index is 0.0219. The van der Waals surface area contributed by atoms with E-state index in [2.05, 4.69) is 37.5 Å². The normalized spacial score (nSPS) is 33.5. The first-order valence-electron chi connectivity index (χ1n) is 15.3. The standard InChI is InChI=1S/C27H29F2N8O10PS/c28-16-13-8-43-48(41,49)47-19-14(45-25(17(19)29)36-6-12-2-1-3-30-21-15(12)22(36)32-9-31-21)7-42-27(40)46-20(16)26(44-13)37-11-33-18-23(37)34-10-35(4-5-38)24(18)39/h6,9-11,13-14,16-17,19-20,25-26,38H,1-5,7-8H2,(H,41,49)(H,30,31,32)/t13-,14-,16-,17-,19-,20-,25-,26-,48?/m1/s1. The summed E-state index contributed by atoms with van der Waals surface area (Å²) >= 11 is 4.02. The topological polar surface area (TPSA) is 205 Å². The molecule has 0 aromatic carbocycles. The van der Waals surface area contributed by atoms with Gasteiger partial charge in [-0.15, -0.1) is 0 Å². The molecule has 8 heterocycles. The highest BCUT2D eigenvalue weighted by atomic mass is 32.7. The van der Waals surface area contributed by atoms with Crippen LogP contribution in [0, 0.1) is 0 Å². The molecule has 4 aliphatic heterocycles. The van der Waals surface area contributed by atoms with Crippen molar-refractivity contribution < 1.29 is 51.2 Å². The monoisotopic (exact) mass is 726 g/mol. The molecule has 0 radical (unpaired) electrons. The van der Waals surface area contributed by atoms with E-state index >= 15 is 8.78 Å². The number of hydrogen-bond donors (Lipinski definition) is 3. The summed E-state index contributed by atoms with van der Waals surface area (Å²) in [5.41, 5.74) is 0.555. The van der Waals surface area contributed by atoms with Crippen molar-refractivity contribution in [2.75, 3.05) is 31.7 Å². The number of rotatable bonds is 4. The predicted molar refractivity (Wildman–Crippen MR) is 164 cm³/mol. The third-order valence-electron chi connectivity index (χ3n) is 8.83. The van der Waals surface area contributed by atoms with Crippen LogP contribution in [0.4, 0.5) is 19.4 Å². The van der Waals surface area contributed by atoms with E-state index in [1.165, 1.54) is 21.8 Å². The van der Waals surface area contributed by atoms with Gasteiger partial charge in [-0.3, -0.25) is 23.0 Å². The lowest BCUT2D eigenvalue weighted by Gasteiger charge is -2.24. The van der Waals surface area contributed by atoms with Crippen molar-refractivity contribution in [2.24, 2.45) is 0 Å². The molecule has 0 spiro atoms. The maximum atomic E-state index is 16.3. The number of nitrogens with zero attached hydrogens (tertiary/aromatic N) is 7. The number of ether oxygens (including phenoxy) is 4. The second-order valence-corrected chi connectivity index (χ2v) is 14.7. The molecule has 3 fully saturated rings. The van der Waals surface area contributed by atoms with Crippen LogP contribution in [-0.4, -0.2) is 108 Å². The van der Waals surface area contributed by atoms with Crippen LogP contribution in [0.3, 0.4) is 0 Å². The number of imidazole rings is 1. The van der Waals surface area contributed by atoms with Gasteiger partial charge >= 0.3 is 13.0 Å². The number of aryl methyl sites for hydroxylation is 1. The molecule has 4 aromatic heterocycles. The molecule has 9 atom stereocenters. The Kier molecular flexibility index (Phi) is 8.32. The molecule has 4 aromatic rings. The lowest BCUT2D eigenvalue weighted by atomic mass is 10.1. The first kappa shape index (κ1) is 32.5. The molecule has 22 heteroatoms. The van der Waals surface area contributed by atoms with E-state index in [1.54, 1.807) is 6.20 Å². The Bertz CT molecular complexity index is 2030. The number of anilines is 1. The van der Waals surface area contributed by atoms with E-state index in [-0.39, 0.29) is 24.3 Å². The maximum Gasteiger partial charge on any atom is 0.508 e. The second-order valence-electron chi connectivity index (χ2n) is 11.8. The van der Waals surface area contributed by atoms with Gasteiger partial charge in [-0.2, -0.15) is 0 Å². The van der Waals surface area contributed by atoms with Gasteiger partial charge in [-0.05, 0) is 18.4 Å². The summed E-state index contributed by atoms with van der Waals surface area (Å²) in [4.78, 5) is 42.7. The van der Waals surface area contributed by atoms with Gasteiger partial charge in [0.25, 0.3) is 5.56 Å². The Morgan fingerprint density at radius 1 is 1.00 bits per heavy atom. The summed E-state index contributed by atoms with van der Waals surface area (Å²) in [6, 6.07) is 0. The molecule has 4 aliphatic rings. The molecule has 2 bridgehead atoms. The first-order valence-corrected chi connectivity index (χ1v) is 18.0. The maximum absolute atomic E-state index is 16.3. The van der Waals surface area contributed by atoms with Crippen molar-refractivity contribution in [1.29, 1.82) is 0 Å². The predicted octanol–water partition coefficient (Wildman–Crippen LogP) is 1.83. The molecule has 0 amide bonds. The lowest BCUT2D eigenvalue weighted by molar-refractivity contribution is -0.0822. The molecule has 262 valence electrons. The molecule has 18 nitrogen and oxygen atoms in total. The number of thiol groups is 1. The molecule has 8 rings (SSSR count). The fourth-order valence-corrected chi connectivity index (χ4v) is 8.05. The van der Waals surface area contributed by atoms with E-state index in [9.17, 15) is 19.3 Å². The third-order valence-corrected chi connectivity index (χ3v) is 10.4. The zero-order chi connectivity index (χ0) is 34.0. The van der Waals surface area contributed by atoms with Crippen LogP contribution in [0.25, 0.3) is 22.2 Å². The van der Waals surface area contributed by atoms with Gasteiger partial charge < -0.3 is 33.9 Å².